The number of aromatic nitrogens is 1. The van der Waals surface area contributed by atoms with Gasteiger partial charge in [-0.2, -0.15) is 0 Å². The predicted molar refractivity (Wildman–Crippen MR) is 113 cm³/mol. The van der Waals surface area contributed by atoms with Crippen LogP contribution in [0.1, 0.15) is 15.9 Å². The zero-order valence-corrected chi connectivity index (χ0v) is 16.6. The minimum atomic E-state index is -3.78. The number of carbonyl (C=O) groups excluding carboxylic acids is 1. The summed E-state index contributed by atoms with van der Waals surface area (Å²) < 4.78 is 51.0. The van der Waals surface area contributed by atoms with Crippen LogP contribution in [0.4, 0.5) is 14.5 Å². The van der Waals surface area contributed by atoms with Crippen LogP contribution in [0.25, 0.3) is 21.8 Å². The number of para-hydroxylation sites is 1. The highest BCUT2D eigenvalue weighted by Gasteiger charge is 2.18. The molecule has 1 heterocycles. The smallest absolute Gasteiger partial charge is 0.257 e. The van der Waals surface area contributed by atoms with Crippen LogP contribution >= 0.6 is 0 Å². The van der Waals surface area contributed by atoms with Crippen LogP contribution in [-0.2, 0) is 15.8 Å². The second kappa shape index (κ2) is 7.56. The molecule has 1 amide bonds. The average Bonchev–Trinajstić information content (AvgIpc) is 2.68. The molecule has 3 aromatic carbocycles. The van der Waals surface area contributed by atoms with E-state index in [0.29, 0.717) is 5.56 Å². The van der Waals surface area contributed by atoms with E-state index in [1.54, 1.807) is 0 Å². The fourth-order valence-corrected chi connectivity index (χ4v) is 4.02. The van der Waals surface area contributed by atoms with Crippen LogP contribution in [0.2, 0.25) is 0 Å². The molecule has 4 N–H and O–H groups in total. The second-order valence-electron chi connectivity index (χ2n) is 6.95. The van der Waals surface area contributed by atoms with Gasteiger partial charge in [-0.3, -0.25) is 9.59 Å². The zero-order chi connectivity index (χ0) is 22.3. The predicted octanol–water partition coefficient (Wildman–Crippen LogP) is 3.00. The van der Waals surface area contributed by atoms with Crippen molar-refractivity contribution in [3.8, 4) is 0 Å². The molecule has 0 saturated heterocycles. The van der Waals surface area contributed by atoms with Crippen molar-refractivity contribution in [2.24, 2.45) is 5.14 Å². The summed E-state index contributed by atoms with van der Waals surface area (Å²) in [6.07, 6.45) is 0. The topological polar surface area (TPSA) is 122 Å². The van der Waals surface area contributed by atoms with Crippen molar-refractivity contribution in [2.45, 2.75) is 5.75 Å². The third kappa shape index (κ3) is 4.16. The number of H-pyrrole nitrogens is 1. The summed E-state index contributed by atoms with van der Waals surface area (Å²) in [7, 11) is -3.78. The van der Waals surface area contributed by atoms with Crippen molar-refractivity contribution < 1.29 is 22.0 Å². The largest absolute Gasteiger partial charge is 0.351 e. The minimum Gasteiger partial charge on any atom is -0.351 e. The molecule has 0 aliphatic rings. The highest BCUT2D eigenvalue weighted by molar-refractivity contribution is 7.88. The summed E-state index contributed by atoms with van der Waals surface area (Å²) >= 11 is 0. The molecule has 0 unspecified atom stereocenters. The third-order valence-electron chi connectivity index (χ3n) is 4.65. The van der Waals surface area contributed by atoms with E-state index in [4.69, 9.17) is 5.14 Å². The number of hydrogen-bond donors (Lipinski definition) is 3. The molecule has 0 aliphatic carbocycles. The van der Waals surface area contributed by atoms with Crippen LogP contribution < -0.4 is 15.9 Å². The first kappa shape index (κ1) is 20.6. The molecule has 0 fully saturated rings. The number of primary sulfonamides is 1. The lowest BCUT2D eigenvalue weighted by atomic mass is 10.0. The molecule has 0 bridgehead atoms. The van der Waals surface area contributed by atoms with Gasteiger partial charge in [-0.05, 0) is 42.0 Å². The first-order valence-corrected chi connectivity index (χ1v) is 10.7. The van der Waals surface area contributed by atoms with E-state index < -0.39 is 38.7 Å². The number of benzene rings is 3. The molecule has 10 heteroatoms. The van der Waals surface area contributed by atoms with Crippen LogP contribution in [0, 0.1) is 11.6 Å². The molecule has 4 aromatic rings. The Morgan fingerprint density at radius 2 is 1.74 bits per heavy atom. The van der Waals surface area contributed by atoms with E-state index in [1.165, 1.54) is 36.4 Å². The van der Waals surface area contributed by atoms with Crippen molar-refractivity contribution >= 4 is 43.4 Å². The van der Waals surface area contributed by atoms with Crippen LogP contribution in [-0.4, -0.2) is 19.3 Å². The van der Waals surface area contributed by atoms with Gasteiger partial charge in [0.25, 0.3) is 5.91 Å². The van der Waals surface area contributed by atoms with Gasteiger partial charge in [0.1, 0.15) is 11.6 Å². The number of hydrogen-bond acceptors (Lipinski definition) is 4. The highest BCUT2D eigenvalue weighted by atomic mass is 32.2. The lowest BCUT2D eigenvalue weighted by Gasteiger charge is -2.11. The maximum absolute atomic E-state index is 14.2. The molecule has 0 aliphatic heterocycles. The highest BCUT2D eigenvalue weighted by Crippen LogP contribution is 2.23. The molecular weight excluding hydrogens is 428 g/mol. The lowest BCUT2D eigenvalue weighted by Crippen LogP contribution is -2.17. The summed E-state index contributed by atoms with van der Waals surface area (Å²) in [6.45, 7) is 0. The Kier molecular flexibility index (Phi) is 5.03. The molecule has 0 atom stereocenters. The van der Waals surface area contributed by atoms with Gasteiger partial charge < -0.3 is 10.3 Å². The number of rotatable bonds is 4. The number of halogens is 2. The number of pyridine rings is 1. The number of nitrogens with one attached hydrogen (secondary N) is 2. The van der Waals surface area contributed by atoms with Gasteiger partial charge in [0, 0.05) is 16.5 Å². The van der Waals surface area contributed by atoms with E-state index in [-0.39, 0.29) is 33.1 Å². The monoisotopic (exact) mass is 443 g/mol. The number of sulfonamides is 1. The minimum absolute atomic E-state index is 0.0257. The van der Waals surface area contributed by atoms with Gasteiger partial charge in [-0.15, -0.1) is 0 Å². The molecule has 4 rings (SSSR count). The van der Waals surface area contributed by atoms with Gasteiger partial charge in [0.05, 0.1) is 22.3 Å². The third-order valence-corrected chi connectivity index (χ3v) is 5.39. The van der Waals surface area contributed by atoms with Crippen molar-refractivity contribution in [3.05, 3.63) is 87.6 Å². The van der Waals surface area contributed by atoms with E-state index >= 15 is 0 Å². The number of aromatic amines is 1. The van der Waals surface area contributed by atoms with Gasteiger partial charge >= 0.3 is 0 Å². The van der Waals surface area contributed by atoms with E-state index in [1.807, 2.05) is 0 Å². The summed E-state index contributed by atoms with van der Waals surface area (Å²) in [5.41, 5.74) is -0.386. The maximum Gasteiger partial charge on any atom is 0.257 e. The first-order valence-electron chi connectivity index (χ1n) is 8.97. The Bertz CT molecular complexity index is 1530. The van der Waals surface area contributed by atoms with Crippen LogP contribution in [0.15, 0.2) is 59.4 Å². The van der Waals surface area contributed by atoms with Crippen LogP contribution in [0.3, 0.4) is 0 Å². The Balaban J connectivity index is 1.82. The molecular formula is C21H15F2N3O4S. The number of fused-ring (bicyclic) bond motifs is 2. The van der Waals surface area contributed by atoms with E-state index in [9.17, 15) is 26.8 Å². The molecule has 0 saturated carbocycles. The van der Waals surface area contributed by atoms with Gasteiger partial charge in [-0.25, -0.2) is 22.3 Å². The molecule has 158 valence electrons. The molecule has 7 nitrogen and oxygen atoms in total. The van der Waals surface area contributed by atoms with Gasteiger partial charge in [0.15, 0.2) is 5.43 Å². The number of amides is 1. The maximum atomic E-state index is 14.2. The molecule has 0 spiro atoms. The van der Waals surface area contributed by atoms with Gasteiger partial charge in [0.2, 0.25) is 10.0 Å². The molecule has 1 aromatic heterocycles. The van der Waals surface area contributed by atoms with Crippen molar-refractivity contribution in [2.75, 3.05) is 5.32 Å². The van der Waals surface area contributed by atoms with Crippen molar-refractivity contribution in [3.63, 3.8) is 0 Å². The van der Waals surface area contributed by atoms with Gasteiger partial charge in [-0.1, -0.05) is 18.2 Å². The number of anilines is 1. The Labute approximate surface area is 174 Å². The fourth-order valence-electron chi connectivity index (χ4n) is 3.38. The molecule has 0 radical (unpaired) electrons. The summed E-state index contributed by atoms with van der Waals surface area (Å²) in [6, 6.07) is 11.8. The number of nitrogens with two attached hydrogens (primary N) is 1. The lowest BCUT2D eigenvalue weighted by molar-refractivity contribution is 0.102. The fraction of sp³-hybridized carbons (Fsp3) is 0.0476. The van der Waals surface area contributed by atoms with E-state index in [2.05, 4.69) is 10.3 Å². The normalized spacial score (nSPS) is 11.7. The molecule has 31 heavy (non-hydrogen) atoms. The Morgan fingerprint density at radius 3 is 2.48 bits per heavy atom. The Hall–Kier alpha value is -3.63. The Morgan fingerprint density at radius 1 is 1.00 bits per heavy atom. The standard InChI is InChI=1S/C21H15F2N3O4S/c22-12-8-15-18(26-19-14(20(15)27)5-2-6-17(19)23)16(9-12)21(28)25-13-4-1-3-11(7-13)10-31(24,29)30/h1-9H,10H2,(H,25,28)(H,26,27)(H2,24,29,30). The van der Waals surface area contributed by atoms with Crippen molar-refractivity contribution in [1.29, 1.82) is 0 Å². The number of carbonyl (C=O) groups is 1. The SMILES string of the molecule is NS(=O)(=O)Cc1cccc(NC(=O)c2cc(F)cc3c(=O)c4cccc(F)c4[nH]c23)c1. The summed E-state index contributed by atoms with van der Waals surface area (Å²) in [5.74, 6) is -2.72. The second-order valence-corrected chi connectivity index (χ2v) is 8.57. The zero-order valence-electron chi connectivity index (χ0n) is 15.8. The quantitative estimate of drug-likeness (QED) is 0.420. The average molecular weight is 443 g/mol. The first-order chi connectivity index (χ1) is 14.6. The summed E-state index contributed by atoms with van der Waals surface area (Å²) in [4.78, 5) is 28.3. The van der Waals surface area contributed by atoms with Crippen LogP contribution in [0.5, 0.6) is 0 Å². The van der Waals surface area contributed by atoms with E-state index in [0.717, 1.165) is 18.2 Å². The van der Waals surface area contributed by atoms with Crippen molar-refractivity contribution in [1.82, 2.24) is 4.98 Å². The summed E-state index contributed by atoms with van der Waals surface area (Å²) in [5, 5.41) is 7.49.